The summed E-state index contributed by atoms with van der Waals surface area (Å²) in [5, 5.41) is 16.2. The first-order chi connectivity index (χ1) is 16.1. The van der Waals surface area contributed by atoms with E-state index in [-0.39, 0.29) is 28.5 Å². The molecule has 1 atom stereocenters. The Bertz CT molecular complexity index is 1220. The number of carbonyl (C=O) groups excluding carboxylic acids is 2. The van der Waals surface area contributed by atoms with Gasteiger partial charge in [-0.3, -0.25) is 9.59 Å². The second-order valence-electron chi connectivity index (χ2n) is 7.68. The average Bonchev–Trinajstić information content (AvgIpc) is 3.12. The molecular formula is C22H21Cl4N5O2S. The van der Waals surface area contributed by atoms with Crippen molar-refractivity contribution < 1.29 is 9.59 Å². The summed E-state index contributed by atoms with van der Waals surface area (Å²) in [7, 11) is 1.78. The molecule has 7 nitrogen and oxygen atoms in total. The van der Waals surface area contributed by atoms with Gasteiger partial charge >= 0.3 is 0 Å². The predicted molar refractivity (Wildman–Crippen MR) is 138 cm³/mol. The molecule has 0 radical (unpaired) electrons. The quantitative estimate of drug-likeness (QED) is 0.316. The van der Waals surface area contributed by atoms with E-state index in [1.165, 1.54) is 17.8 Å². The summed E-state index contributed by atoms with van der Waals surface area (Å²) in [5.41, 5.74) is 0.856. The van der Waals surface area contributed by atoms with Gasteiger partial charge in [-0.1, -0.05) is 72.0 Å². The lowest BCUT2D eigenvalue weighted by atomic mass is 10.0. The molecule has 0 fully saturated rings. The van der Waals surface area contributed by atoms with Crippen LogP contribution in [0.2, 0.25) is 20.1 Å². The summed E-state index contributed by atoms with van der Waals surface area (Å²) in [5.74, 6) is 0.0813. The van der Waals surface area contributed by atoms with Crippen molar-refractivity contribution in [1.29, 1.82) is 0 Å². The van der Waals surface area contributed by atoms with Crippen LogP contribution in [0.1, 0.15) is 36.1 Å². The van der Waals surface area contributed by atoms with Gasteiger partial charge in [-0.05, 0) is 42.3 Å². The summed E-state index contributed by atoms with van der Waals surface area (Å²) in [6, 6.07) is 9.11. The van der Waals surface area contributed by atoms with Crippen LogP contribution in [0.5, 0.6) is 0 Å². The fourth-order valence-electron chi connectivity index (χ4n) is 3.05. The van der Waals surface area contributed by atoms with Crippen molar-refractivity contribution in [2.75, 3.05) is 11.1 Å². The predicted octanol–water partition coefficient (Wildman–Crippen LogP) is 6.29. The maximum absolute atomic E-state index is 12.8. The second-order valence-corrected chi connectivity index (χ2v) is 10.3. The van der Waals surface area contributed by atoms with E-state index >= 15 is 0 Å². The van der Waals surface area contributed by atoms with Gasteiger partial charge in [0.05, 0.1) is 32.4 Å². The lowest BCUT2D eigenvalue weighted by Gasteiger charge is -2.22. The monoisotopic (exact) mass is 559 g/mol. The fraction of sp³-hybridized carbons (Fsp3) is 0.273. The average molecular weight is 561 g/mol. The van der Waals surface area contributed by atoms with E-state index in [0.29, 0.717) is 37.3 Å². The highest BCUT2D eigenvalue weighted by molar-refractivity contribution is 7.99. The largest absolute Gasteiger partial charge is 0.342 e. The van der Waals surface area contributed by atoms with Gasteiger partial charge in [0.1, 0.15) is 0 Å². The summed E-state index contributed by atoms with van der Waals surface area (Å²) in [4.78, 5) is 25.2. The van der Waals surface area contributed by atoms with Gasteiger partial charge in [-0.25, -0.2) is 0 Å². The minimum Gasteiger partial charge on any atom is -0.342 e. The number of amides is 2. The smallest absolute Gasteiger partial charge is 0.253 e. The SMILES string of the molecule is CC(C)[C@H](NC(=O)c1ccc(Cl)cc1Cl)c1nnc(SCC(=O)Nc2ccc(Cl)c(Cl)c2)n1C. The number of nitrogens with one attached hydrogen (secondary N) is 2. The van der Waals surface area contributed by atoms with Crippen LogP contribution < -0.4 is 10.6 Å². The van der Waals surface area contributed by atoms with E-state index in [1.54, 1.807) is 41.9 Å². The highest BCUT2D eigenvalue weighted by atomic mass is 35.5. The van der Waals surface area contributed by atoms with Gasteiger partial charge in [0.2, 0.25) is 5.91 Å². The van der Waals surface area contributed by atoms with Gasteiger partial charge in [-0.2, -0.15) is 0 Å². The molecule has 2 aromatic carbocycles. The molecular weight excluding hydrogens is 540 g/mol. The third-order valence-corrected chi connectivity index (χ3v) is 7.12. The number of halogens is 4. The topological polar surface area (TPSA) is 88.9 Å². The number of rotatable bonds is 8. The Kier molecular flexibility index (Phi) is 9.12. The summed E-state index contributed by atoms with van der Waals surface area (Å²) < 4.78 is 1.76. The van der Waals surface area contributed by atoms with Crippen molar-refractivity contribution in [3.05, 3.63) is 67.9 Å². The minimum absolute atomic E-state index is 0.00808. The maximum atomic E-state index is 12.8. The van der Waals surface area contributed by atoms with E-state index in [0.717, 1.165) is 0 Å². The molecule has 12 heteroatoms. The van der Waals surface area contributed by atoms with Crippen LogP contribution in [0.25, 0.3) is 0 Å². The molecule has 0 saturated carbocycles. The number of aromatic nitrogens is 3. The van der Waals surface area contributed by atoms with Crippen LogP contribution in [0.3, 0.4) is 0 Å². The normalized spacial score (nSPS) is 12.0. The van der Waals surface area contributed by atoms with Gasteiger partial charge in [-0.15, -0.1) is 10.2 Å². The number of hydrogen-bond acceptors (Lipinski definition) is 5. The molecule has 0 aliphatic rings. The Balaban J connectivity index is 1.68. The summed E-state index contributed by atoms with van der Waals surface area (Å²) in [6.07, 6.45) is 0. The molecule has 0 aliphatic carbocycles. The molecule has 3 rings (SSSR count). The van der Waals surface area contributed by atoms with Crippen molar-refractivity contribution in [2.45, 2.75) is 25.0 Å². The first kappa shape index (κ1) is 26.6. The molecule has 3 aromatic rings. The standard InChI is InChI=1S/C22H21Cl4N5O2S/c1-11(2)19(28-21(33)14-6-4-12(23)8-16(14)25)20-29-30-22(31(20)3)34-10-18(32)27-13-5-7-15(24)17(26)9-13/h4-9,11,19H,10H2,1-3H3,(H,27,32)(H,28,33)/t19-/m0/s1. The van der Waals surface area contributed by atoms with Crippen LogP contribution in [0.4, 0.5) is 5.69 Å². The lowest BCUT2D eigenvalue weighted by molar-refractivity contribution is -0.113. The zero-order valence-corrected chi connectivity index (χ0v) is 22.2. The first-order valence-corrected chi connectivity index (χ1v) is 12.6. The van der Waals surface area contributed by atoms with Gasteiger partial charge in [0, 0.05) is 17.8 Å². The Hall–Kier alpha value is -1.97. The van der Waals surface area contributed by atoms with E-state index in [1.807, 2.05) is 13.8 Å². The second kappa shape index (κ2) is 11.6. The third-order valence-electron chi connectivity index (χ3n) is 4.81. The van der Waals surface area contributed by atoms with Crippen LogP contribution in [0.15, 0.2) is 41.6 Å². The van der Waals surface area contributed by atoms with Gasteiger partial charge < -0.3 is 15.2 Å². The highest BCUT2D eigenvalue weighted by Crippen LogP contribution is 2.27. The molecule has 0 bridgehead atoms. The van der Waals surface area contributed by atoms with Crippen molar-refractivity contribution in [3.8, 4) is 0 Å². The highest BCUT2D eigenvalue weighted by Gasteiger charge is 2.26. The number of thioether (sulfide) groups is 1. The molecule has 0 saturated heterocycles. The molecule has 0 spiro atoms. The molecule has 2 amide bonds. The van der Waals surface area contributed by atoms with Crippen molar-refractivity contribution in [1.82, 2.24) is 20.1 Å². The molecule has 0 unspecified atom stereocenters. The number of benzene rings is 2. The molecule has 180 valence electrons. The molecule has 34 heavy (non-hydrogen) atoms. The van der Waals surface area contributed by atoms with E-state index in [9.17, 15) is 9.59 Å². The zero-order valence-electron chi connectivity index (χ0n) is 18.4. The van der Waals surface area contributed by atoms with Crippen LogP contribution in [-0.2, 0) is 11.8 Å². The molecule has 1 heterocycles. The third kappa shape index (κ3) is 6.58. The summed E-state index contributed by atoms with van der Waals surface area (Å²) >= 11 is 25.2. The van der Waals surface area contributed by atoms with E-state index in [2.05, 4.69) is 20.8 Å². The fourth-order valence-corrected chi connectivity index (χ4v) is 4.56. The maximum Gasteiger partial charge on any atom is 0.253 e. The van der Waals surface area contributed by atoms with Gasteiger partial charge in [0.25, 0.3) is 5.91 Å². The number of carbonyl (C=O) groups is 2. The first-order valence-electron chi connectivity index (χ1n) is 10.1. The Morgan fingerprint density at radius 3 is 2.38 bits per heavy atom. The van der Waals surface area contributed by atoms with E-state index in [4.69, 9.17) is 46.4 Å². The lowest BCUT2D eigenvalue weighted by Crippen LogP contribution is -2.33. The van der Waals surface area contributed by atoms with Crippen molar-refractivity contribution in [3.63, 3.8) is 0 Å². The van der Waals surface area contributed by atoms with Crippen LogP contribution in [0, 0.1) is 5.92 Å². The zero-order chi connectivity index (χ0) is 25.0. The van der Waals surface area contributed by atoms with Crippen molar-refractivity contribution >= 4 is 75.7 Å². The van der Waals surface area contributed by atoms with Crippen molar-refractivity contribution in [2.24, 2.45) is 13.0 Å². The molecule has 0 aliphatic heterocycles. The number of nitrogens with zero attached hydrogens (tertiary/aromatic N) is 3. The number of anilines is 1. The molecule has 1 aromatic heterocycles. The minimum atomic E-state index is -0.434. The Morgan fingerprint density at radius 1 is 1.00 bits per heavy atom. The Labute approximate surface area is 221 Å². The Morgan fingerprint density at radius 2 is 1.74 bits per heavy atom. The van der Waals surface area contributed by atoms with Crippen LogP contribution >= 0.6 is 58.2 Å². The number of hydrogen-bond donors (Lipinski definition) is 2. The van der Waals surface area contributed by atoms with E-state index < -0.39 is 6.04 Å². The van der Waals surface area contributed by atoms with Gasteiger partial charge in [0.15, 0.2) is 11.0 Å². The van der Waals surface area contributed by atoms with Crippen LogP contribution in [-0.4, -0.2) is 32.3 Å². The molecule has 2 N–H and O–H groups in total. The summed E-state index contributed by atoms with van der Waals surface area (Å²) in [6.45, 7) is 3.92.